The minimum atomic E-state index is -0.0796. The van der Waals surface area contributed by atoms with E-state index in [2.05, 4.69) is 15.9 Å². The average Bonchev–Trinajstić information content (AvgIpc) is 2.79. The van der Waals surface area contributed by atoms with E-state index in [0.717, 1.165) is 20.5 Å². The molecule has 0 saturated carbocycles. The predicted octanol–water partition coefficient (Wildman–Crippen LogP) is 3.74. The van der Waals surface area contributed by atoms with Gasteiger partial charge in [-0.15, -0.1) is 11.3 Å². The molecule has 1 atom stereocenters. The van der Waals surface area contributed by atoms with Crippen LogP contribution >= 0.6 is 27.3 Å². The SMILES string of the molecule is COC(c1cccc(Br)c1)c1csc(CO)c1. The van der Waals surface area contributed by atoms with Crippen molar-refractivity contribution in [1.82, 2.24) is 0 Å². The summed E-state index contributed by atoms with van der Waals surface area (Å²) in [5.74, 6) is 0. The van der Waals surface area contributed by atoms with Crippen LogP contribution in [0.4, 0.5) is 0 Å². The van der Waals surface area contributed by atoms with E-state index in [1.807, 2.05) is 35.7 Å². The quantitative estimate of drug-likeness (QED) is 0.932. The highest BCUT2D eigenvalue weighted by Gasteiger charge is 2.15. The van der Waals surface area contributed by atoms with Crippen LogP contribution in [0.2, 0.25) is 0 Å². The molecule has 0 radical (unpaired) electrons. The molecule has 0 spiro atoms. The van der Waals surface area contributed by atoms with Gasteiger partial charge in [-0.25, -0.2) is 0 Å². The van der Waals surface area contributed by atoms with Gasteiger partial charge in [0, 0.05) is 16.5 Å². The summed E-state index contributed by atoms with van der Waals surface area (Å²) in [6, 6.07) is 10.0. The van der Waals surface area contributed by atoms with Crippen LogP contribution in [0.1, 0.15) is 22.1 Å². The van der Waals surface area contributed by atoms with Crippen LogP contribution in [0, 0.1) is 0 Å². The molecule has 0 bridgehead atoms. The molecule has 1 aromatic carbocycles. The summed E-state index contributed by atoms with van der Waals surface area (Å²) in [6.45, 7) is 0.0829. The molecule has 2 nitrogen and oxygen atoms in total. The van der Waals surface area contributed by atoms with Gasteiger partial charge in [0.15, 0.2) is 0 Å². The van der Waals surface area contributed by atoms with Crippen LogP contribution in [0.3, 0.4) is 0 Å². The second-order valence-corrected chi connectivity index (χ2v) is 5.59. The fourth-order valence-corrected chi connectivity index (χ4v) is 2.93. The van der Waals surface area contributed by atoms with Crippen LogP contribution in [-0.4, -0.2) is 12.2 Å². The summed E-state index contributed by atoms with van der Waals surface area (Å²) >= 11 is 5.01. The summed E-state index contributed by atoms with van der Waals surface area (Å²) in [6.07, 6.45) is -0.0796. The number of hydrogen-bond donors (Lipinski definition) is 1. The fraction of sp³-hybridized carbons (Fsp3) is 0.231. The molecule has 1 N–H and O–H groups in total. The molecule has 90 valence electrons. The molecule has 0 aliphatic rings. The Morgan fingerprint density at radius 3 is 2.76 bits per heavy atom. The van der Waals surface area contributed by atoms with Gasteiger partial charge in [0.2, 0.25) is 0 Å². The van der Waals surface area contributed by atoms with Gasteiger partial charge in [0.1, 0.15) is 6.10 Å². The van der Waals surface area contributed by atoms with Crippen molar-refractivity contribution < 1.29 is 9.84 Å². The van der Waals surface area contributed by atoms with Crippen LogP contribution < -0.4 is 0 Å². The van der Waals surface area contributed by atoms with E-state index in [1.54, 1.807) is 18.4 Å². The first-order chi connectivity index (χ1) is 8.24. The molecule has 2 rings (SSSR count). The first kappa shape index (κ1) is 12.8. The second-order valence-electron chi connectivity index (χ2n) is 3.68. The molecule has 0 aliphatic heterocycles. The van der Waals surface area contributed by atoms with E-state index in [9.17, 15) is 0 Å². The lowest BCUT2D eigenvalue weighted by Crippen LogP contribution is -2.02. The zero-order chi connectivity index (χ0) is 12.3. The van der Waals surface area contributed by atoms with E-state index < -0.39 is 0 Å². The van der Waals surface area contributed by atoms with Gasteiger partial charge in [0.05, 0.1) is 6.61 Å². The standard InChI is InChI=1S/C13H13BrO2S/c1-16-13(9-3-2-4-11(14)5-9)10-6-12(7-15)17-8-10/h2-6,8,13,15H,7H2,1H3. The van der Waals surface area contributed by atoms with Crippen molar-refractivity contribution in [2.45, 2.75) is 12.7 Å². The maximum absolute atomic E-state index is 9.08. The third-order valence-electron chi connectivity index (χ3n) is 2.52. The van der Waals surface area contributed by atoms with Gasteiger partial charge in [-0.2, -0.15) is 0 Å². The average molecular weight is 313 g/mol. The van der Waals surface area contributed by atoms with Crippen molar-refractivity contribution >= 4 is 27.3 Å². The van der Waals surface area contributed by atoms with Crippen LogP contribution in [0.5, 0.6) is 0 Å². The van der Waals surface area contributed by atoms with E-state index in [-0.39, 0.29) is 12.7 Å². The third kappa shape index (κ3) is 2.96. The third-order valence-corrected chi connectivity index (χ3v) is 3.95. The highest BCUT2D eigenvalue weighted by Crippen LogP contribution is 2.30. The lowest BCUT2D eigenvalue weighted by atomic mass is 10.0. The van der Waals surface area contributed by atoms with Crippen molar-refractivity contribution in [3.05, 3.63) is 56.2 Å². The van der Waals surface area contributed by atoms with E-state index in [0.29, 0.717) is 0 Å². The Morgan fingerprint density at radius 1 is 1.35 bits per heavy atom. The Kier molecular flexibility index (Phi) is 4.34. The highest BCUT2D eigenvalue weighted by molar-refractivity contribution is 9.10. The molecular formula is C13H13BrO2S. The number of aliphatic hydroxyl groups excluding tert-OH is 1. The molecule has 0 fully saturated rings. The Bertz CT molecular complexity index is 496. The largest absolute Gasteiger partial charge is 0.391 e. The van der Waals surface area contributed by atoms with Crippen LogP contribution in [0.15, 0.2) is 40.2 Å². The van der Waals surface area contributed by atoms with E-state index >= 15 is 0 Å². The lowest BCUT2D eigenvalue weighted by Gasteiger charge is -2.14. The molecule has 2 aromatic rings. The lowest BCUT2D eigenvalue weighted by molar-refractivity contribution is 0.136. The Labute approximate surface area is 113 Å². The number of hydrogen-bond acceptors (Lipinski definition) is 3. The first-order valence-corrected chi connectivity index (χ1v) is 6.88. The summed E-state index contributed by atoms with van der Waals surface area (Å²) in [4.78, 5) is 0.956. The predicted molar refractivity (Wildman–Crippen MR) is 73.2 cm³/mol. The topological polar surface area (TPSA) is 29.5 Å². The number of ether oxygens (including phenoxy) is 1. The second kappa shape index (κ2) is 5.78. The molecule has 1 unspecified atom stereocenters. The van der Waals surface area contributed by atoms with Gasteiger partial charge in [-0.3, -0.25) is 0 Å². The number of thiophene rings is 1. The van der Waals surface area contributed by atoms with E-state index in [1.165, 1.54) is 0 Å². The highest BCUT2D eigenvalue weighted by atomic mass is 79.9. The molecule has 4 heteroatoms. The minimum Gasteiger partial charge on any atom is -0.391 e. The van der Waals surface area contributed by atoms with Gasteiger partial charge in [-0.05, 0) is 34.7 Å². The van der Waals surface area contributed by atoms with Crippen molar-refractivity contribution in [3.8, 4) is 0 Å². The zero-order valence-electron chi connectivity index (χ0n) is 9.39. The molecule has 0 saturated heterocycles. The molecular weight excluding hydrogens is 300 g/mol. The number of aliphatic hydroxyl groups is 1. The molecule has 0 aliphatic carbocycles. The van der Waals surface area contributed by atoms with Crippen molar-refractivity contribution in [3.63, 3.8) is 0 Å². The molecule has 17 heavy (non-hydrogen) atoms. The smallest absolute Gasteiger partial charge is 0.108 e. The van der Waals surface area contributed by atoms with Crippen molar-refractivity contribution in [2.24, 2.45) is 0 Å². The monoisotopic (exact) mass is 312 g/mol. The molecule has 1 heterocycles. The molecule has 1 aromatic heterocycles. The Balaban J connectivity index is 2.33. The number of benzene rings is 1. The van der Waals surface area contributed by atoms with Crippen LogP contribution in [0.25, 0.3) is 0 Å². The summed E-state index contributed by atoms with van der Waals surface area (Å²) < 4.78 is 6.58. The summed E-state index contributed by atoms with van der Waals surface area (Å²) in [5.41, 5.74) is 2.18. The molecule has 0 amide bonds. The maximum atomic E-state index is 9.08. The van der Waals surface area contributed by atoms with Gasteiger partial charge >= 0.3 is 0 Å². The van der Waals surface area contributed by atoms with Gasteiger partial charge < -0.3 is 9.84 Å². The Morgan fingerprint density at radius 2 is 2.18 bits per heavy atom. The summed E-state index contributed by atoms with van der Waals surface area (Å²) in [7, 11) is 1.70. The van der Waals surface area contributed by atoms with Crippen molar-refractivity contribution in [2.75, 3.05) is 7.11 Å². The van der Waals surface area contributed by atoms with Gasteiger partial charge in [-0.1, -0.05) is 28.1 Å². The van der Waals surface area contributed by atoms with Gasteiger partial charge in [0.25, 0.3) is 0 Å². The van der Waals surface area contributed by atoms with Crippen LogP contribution in [-0.2, 0) is 11.3 Å². The fourth-order valence-electron chi connectivity index (χ4n) is 1.75. The normalized spacial score (nSPS) is 12.6. The first-order valence-electron chi connectivity index (χ1n) is 5.21. The number of methoxy groups -OCH3 is 1. The zero-order valence-corrected chi connectivity index (χ0v) is 11.8. The van der Waals surface area contributed by atoms with Crippen molar-refractivity contribution in [1.29, 1.82) is 0 Å². The summed E-state index contributed by atoms with van der Waals surface area (Å²) in [5, 5.41) is 11.1. The number of halogens is 1. The maximum Gasteiger partial charge on any atom is 0.108 e. The van der Waals surface area contributed by atoms with E-state index in [4.69, 9.17) is 9.84 Å². The number of rotatable bonds is 4. The Hall–Kier alpha value is -0.680. The minimum absolute atomic E-state index is 0.0796.